The predicted octanol–water partition coefficient (Wildman–Crippen LogP) is 5.43. The molecule has 1 N–H and O–H groups in total. The highest BCUT2D eigenvalue weighted by molar-refractivity contribution is 6.32. The Labute approximate surface area is 214 Å². The molecular formula is C23H14ClF5N8O. The van der Waals surface area contributed by atoms with Gasteiger partial charge in [0.1, 0.15) is 5.69 Å². The van der Waals surface area contributed by atoms with Crippen LogP contribution in [0.2, 0.25) is 5.02 Å². The molecule has 4 heterocycles. The molecule has 0 aliphatic carbocycles. The number of nitrogens with one attached hydrogen (secondary N) is 1. The smallest absolute Gasteiger partial charge is 0.320 e. The van der Waals surface area contributed by atoms with Crippen molar-refractivity contribution in [3.05, 3.63) is 83.3 Å². The van der Waals surface area contributed by atoms with Crippen LogP contribution in [0.1, 0.15) is 28.7 Å². The lowest BCUT2D eigenvalue weighted by molar-refractivity contribution is -0.143. The number of hydrogen-bond acceptors (Lipinski definition) is 6. The van der Waals surface area contributed by atoms with E-state index in [4.69, 9.17) is 11.6 Å². The van der Waals surface area contributed by atoms with Crippen LogP contribution in [0.4, 0.5) is 27.6 Å². The number of benzene rings is 1. The predicted molar refractivity (Wildman–Crippen MR) is 126 cm³/mol. The molecule has 0 aliphatic heterocycles. The summed E-state index contributed by atoms with van der Waals surface area (Å²) in [5.74, 6) is -4.36. The Kier molecular flexibility index (Phi) is 6.06. The molecule has 15 heteroatoms. The molecule has 0 bridgehead atoms. The van der Waals surface area contributed by atoms with E-state index in [2.05, 4.69) is 30.6 Å². The van der Waals surface area contributed by atoms with E-state index in [9.17, 15) is 26.7 Å². The number of carbonyl (C=O) groups excluding carboxylic acids is 1. The first-order valence-electron chi connectivity index (χ1n) is 10.7. The fourth-order valence-corrected chi connectivity index (χ4v) is 4.08. The van der Waals surface area contributed by atoms with Crippen LogP contribution in [0.5, 0.6) is 0 Å². The van der Waals surface area contributed by atoms with Gasteiger partial charge in [0.25, 0.3) is 11.8 Å². The minimum absolute atomic E-state index is 0.00146. The van der Waals surface area contributed by atoms with E-state index >= 15 is 0 Å². The van der Waals surface area contributed by atoms with Crippen molar-refractivity contribution in [2.45, 2.75) is 19.0 Å². The Morgan fingerprint density at radius 3 is 2.26 bits per heavy atom. The lowest BCUT2D eigenvalue weighted by Crippen LogP contribution is -2.21. The molecule has 1 aromatic carbocycles. The van der Waals surface area contributed by atoms with Crippen LogP contribution in [-0.2, 0) is 12.1 Å². The Hall–Kier alpha value is -4.46. The van der Waals surface area contributed by atoms with Gasteiger partial charge >= 0.3 is 6.18 Å². The van der Waals surface area contributed by atoms with E-state index in [1.165, 1.54) is 48.9 Å². The number of aromatic nitrogens is 7. The molecule has 1 amide bonds. The summed E-state index contributed by atoms with van der Waals surface area (Å²) in [5, 5.41) is 13.9. The lowest BCUT2D eigenvalue weighted by Gasteiger charge is -2.17. The number of amides is 1. The van der Waals surface area contributed by atoms with Crippen molar-refractivity contribution >= 4 is 34.0 Å². The summed E-state index contributed by atoms with van der Waals surface area (Å²) in [6, 6.07) is 6.90. The fourth-order valence-electron chi connectivity index (χ4n) is 3.84. The average Bonchev–Trinajstić information content (AvgIpc) is 3.53. The van der Waals surface area contributed by atoms with E-state index in [0.29, 0.717) is 11.6 Å². The van der Waals surface area contributed by atoms with Gasteiger partial charge in [0.05, 0.1) is 52.9 Å². The van der Waals surface area contributed by atoms with Crippen molar-refractivity contribution in [1.82, 2.24) is 34.7 Å². The number of pyridine rings is 2. The van der Waals surface area contributed by atoms with Gasteiger partial charge < -0.3 is 5.32 Å². The number of rotatable bonds is 5. The zero-order valence-corrected chi connectivity index (χ0v) is 19.8. The first-order valence-corrected chi connectivity index (χ1v) is 11.1. The molecule has 0 spiro atoms. The van der Waals surface area contributed by atoms with Gasteiger partial charge in [-0.2, -0.15) is 37.2 Å². The van der Waals surface area contributed by atoms with Gasteiger partial charge in [-0.1, -0.05) is 35.9 Å². The maximum Gasteiger partial charge on any atom is 0.434 e. The molecule has 194 valence electrons. The monoisotopic (exact) mass is 548 g/mol. The maximum absolute atomic E-state index is 14.2. The summed E-state index contributed by atoms with van der Waals surface area (Å²) in [5.41, 5.74) is -3.08. The highest BCUT2D eigenvalue weighted by atomic mass is 35.5. The Morgan fingerprint density at radius 2 is 1.63 bits per heavy atom. The van der Waals surface area contributed by atoms with Gasteiger partial charge in [0, 0.05) is 17.7 Å². The Morgan fingerprint density at radius 1 is 0.947 bits per heavy atom. The molecule has 0 fully saturated rings. The second-order valence-corrected chi connectivity index (χ2v) is 8.45. The summed E-state index contributed by atoms with van der Waals surface area (Å²) in [6.45, 7) is 0.637. The standard InChI is InChI=1S/C23H14ClF5N8O/c1-22(25,26)18-14-5-3-2-4-13(14)17(11-30-18)36-19(23(27,28)29)15(10-34-36)21(38)35-12-8-16(24)20(31-9-12)37-32-6-7-33-37/h2-11H,1H3,(H,35,38). The third-order valence-corrected chi connectivity index (χ3v) is 5.67. The largest absolute Gasteiger partial charge is 0.434 e. The van der Waals surface area contributed by atoms with Crippen molar-refractivity contribution < 1.29 is 26.7 Å². The van der Waals surface area contributed by atoms with Gasteiger partial charge in [0.2, 0.25) is 0 Å². The van der Waals surface area contributed by atoms with E-state index in [-0.39, 0.29) is 33.0 Å². The van der Waals surface area contributed by atoms with Gasteiger partial charge in [0.15, 0.2) is 11.5 Å². The second-order valence-electron chi connectivity index (χ2n) is 8.04. The van der Waals surface area contributed by atoms with Crippen molar-refractivity contribution in [3.63, 3.8) is 0 Å². The number of carbonyl (C=O) groups is 1. The highest BCUT2D eigenvalue weighted by Crippen LogP contribution is 2.38. The Balaban J connectivity index is 1.56. The lowest BCUT2D eigenvalue weighted by atomic mass is 10.1. The molecule has 5 rings (SSSR count). The second kappa shape index (κ2) is 9.13. The van der Waals surface area contributed by atoms with E-state index < -0.39 is 35.0 Å². The van der Waals surface area contributed by atoms with Crippen LogP contribution < -0.4 is 5.32 Å². The molecule has 0 aliphatic rings. The van der Waals surface area contributed by atoms with Crippen molar-refractivity contribution in [3.8, 4) is 11.5 Å². The number of anilines is 1. The number of fused-ring (bicyclic) bond motifs is 1. The molecule has 5 aromatic rings. The van der Waals surface area contributed by atoms with Gasteiger partial charge in [-0.15, -0.1) is 4.80 Å². The molecule has 0 saturated heterocycles. The first-order chi connectivity index (χ1) is 17.9. The van der Waals surface area contributed by atoms with Crippen LogP contribution in [0, 0.1) is 0 Å². The normalized spacial score (nSPS) is 12.2. The molecule has 0 atom stereocenters. The van der Waals surface area contributed by atoms with Crippen molar-refractivity contribution in [1.29, 1.82) is 0 Å². The number of hydrogen-bond donors (Lipinski definition) is 1. The van der Waals surface area contributed by atoms with Gasteiger partial charge in [-0.3, -0.25) is 9.78 Å². The van der Waals surface area contributed by atoms with Gasteiger partial charge in [-0.25, -0.2) is 9.67 Å². The molecule has 4 aromatic heterocycles. The SMILES string of the molecule is CC(F)(F)c1ncc(-n2ncc(C(=O)Nc3cnc(-n4nccn4)c(Cl)c3)c2C(F)(F)F)c2ccccc12. The van der Waals surface area contributed by atoms with Crippen LogP contribution in [0.3, 0.4) is 0 Å². The molecule has 9 nitrogen and oxygen atoms in total. The molecule has 38 heavy (non-hydrogen) atoms. The van der Waals surface area contributed by atoms with Crippen LogP contribution >= 0.6 is 11.6 Å². The van der Waals surface area contributed by atoms with Crippen molar-refractivity contribution in [2.24, 2.45) is 0 Å². The third-order valence-electron chi connectivity index (χ3n) is 5.39. The maximum atomic E-state index is 14.2. The van der Waals surface area contributed by atoms with Crippen LogP contribution in [0.15, 0.2) is 61.3 Å². The minimum atomic E-state index is -5.05. The fraction of sp³-hybridized carbons (Fsp3) is 0.130. The summed E-state index contributed by atoms with van der Waals surface area (Å²) in [6.07, 6.45) is 0.496. The summed E-state index contributed by atoms with van der Waals surface area (Å²) < 4.78 is 71.4. The third kappa shape index (κ3) is 4.53. The van der Waals surface area contributed by atoms with E-state index in [0.717, 1.165) is 17.2 Å². The number of alkyl halides is 5. The van der Waals surface area contributed by atoms with E-state index in [1.54, 1.807) is 0 Å². The Bertz CT molecular complexity index is 1660. The van der Waals surface area contributed by atoms with Gasteiger partial charge in [-0.05, 0) is 6.07 Å². The quantitative estimate of drug-likeness (QED) is 0.294. The first kappa shape index (κ1) is 25.2. The van der Waals surface area contributed by atoms with Crippen molar-refractivity contribution in [2.75, 3.05) is 5.32 Å². The molecular weight excluding hydrogens is 535 g/mol. The topological polar surface area (TPSA) is 103 Å². The summed E-state index contributed by atoms with van der Waals surface area (Å²) in [7, 11) is 0. The van der Waals surface area contributed by atoms with Crippen LogP contribution in [0.25, 0.3) is 22.3 Å². The number of halogens is 6. The average molecular weight is 549 g/mol. The summed E-state index contributed by atoms with van der Waals surface area (Å²) >= 11 is 6.17. The molecule has 0 saturated carbocycles. The zero-order chi connectivity index (χ0) is 27.2. The molecule has 0 unspecified atom stereocenters. The minimum Gasteiger partial charge on any atom is -0.320 e. The molecule has 0 radical (unpaired) electrons. The number of nitrogens with zero attached hydrogens (tertiary/aromatic N) is 7. The van der Waals surface area contributed by atoms with E-state index in [1.807, 2.05) is 0 Å². The summed E-state index contributed by atoms with van der Waals surface area (Å²) in [4.78, 5) is 21.8. The zero-order valence-electron chi connectivity index (χ0n) is 19.1. The van der Waals surface area contributed by atoms with Crippen LogP contribution in [-0.4, -0.2) is 40.6 Å². The highest BCUT2D eigenvalue weighted by Gasteiger charge is 2.41.